The molecule has 0 heterocycles. The van der Waals surface area contributed by atoms with Gasteiger partial charge in [0.05, 0.1) is 0 Å². The van der Waals surface area contributed by atoms with Gasteiger partial charge in [-0.25, -0.2) is 0 Å². The highest BCUT2D eigenvalue weighted by Gasteiger charge is 2.09. The highest BCUT2D eigenvalue weighted by molar-refractivity contribution is 5.95. The van der Waals surface area contributed by atoms with Crippen molar-refractivity contribution in [1.82, 2.24) is 0 Å². The smallest absolute Gasteiger partial charge is 0.279 e. The first-order valence-electron chi connectivity index (χ1n) is 8.13. The van der Waals surface area contributed by atoms with Gasteiger partial charge in [-0.15, -0.1) is 0 Å². The number of amides is 1. The van der Waals surface area contributed by atoms with Gasteiger partial charge in [-0.1, -0.05) is 78.9 Å². The van der Waals surface area contributed by atoms with Crippen molar-refractivity contribution in [2.75, 3.05) is 11.9 Å². The largest absolute Gasteiger partial charge is 0.335 e. The average molecular weight is 317 g/mol. The molecular formula is C21H21N2O+. The Labute approximate surface area is 142 Å². The van der Waals surface area contributed by atoms with E-state index in [1.165, 1.54) is 5.56 Å². The fourth-order valence-electron chi connectivity index (χ4n) is 2.65. The number of carbonyl (C=O) groups is 1. The van der Waals surface area contributed by atoms with Crippen molar-refractivity contribution in [1.29, 1.82) is 0 Å². The first-order valence-corrected chi connectivity index (χ1v) is 8.13. The minimum Gasteiger partial charge on any atom is -0.335 e. The van der Waals surface area contributed by atoms with Crippen LogP contribution >= 0.6 is 0 Å². The van der Waals surface area contributed by atoms with E-state index in [1.54, 1.807) is 0 Å². The summed E-state index contributed by atoms with van der Waals surface area (Å²) in [5.74, 6) is 0.00862. The molecule has 0 radical (unpaired) electrons. The Morgan fingerprint density at radius 1 is 0.792 bits per heavy atom. The zero-order chi connectivity index (χ0) is 16.6. The molecule has 3 aromatic carbocycles. The van der Waals surface area contributed by atoms with Crippen molar-refractivity contribution in [2.45, 2.75) is 6.54 Å². The second-order valence-electron chi connectivity index (χ2n) is 5.64. The van der Waals surface area contributed by atoms with Crippen LogP contribution in [0.1, 0.15) is 5.56 Å². The number of benzene rings is 3. The number of rotatable bonds is 6. The standard InChI is InChI=1S/C21H20N2O/c24-21(16-22-15-17-9-3-1-4-10-17)23-20-14-8-7-13-19(20)18-11-5-2-6-12-18/h1-14,22H,15-16H2,(H,23,24)/p+1. The number of nitrogens with two attached hydrogens (primary N) is 1. The Kier molecular flexibility index (Phi) is 5.38. The van der Waals surface area contributed by atoms with Gasteiger partial charge in [0.2, 0.25) is 0 Å². The van der Waals surface area contributed by atoms with Crippen LogP contribution in [0.2, 0.25) is 0 Å². The summed E-state index contributed by atoms with van der Waals surface area (Å²) in [5, 5.41) is 5.03. The molecule has 0 aromatic heterocycles. The van der Waals surface area contributed by atoms with Crippen molar-refractivity contribution < 1.29 is 10.1 Å². The van der Waals surface area contributed by atoms with E-state index in [4.69, 9.17) is 0 Å². The SMILES string of the molecule is O=C(C[NH2+]Cc1ccccc1)Nc1ccccc1-c1ccccc1. The first kappa shape index (κ1) is 16.0. The third-order valence-electron chi connectivity index (χ3n) is 3.84. The molecule has 3 nitrogen and oxygen atoms in total. The molecule has 0 fully saturated rings. The maximum Gasteiger partial charge on any atom is 0.279 e. The average Bonchev–Trinajstić information content (AvgIpc) is 2.64. The van der Waals surface area contributed by atoms with Crippen molar-refractivity contribution in [3.63, 3.8) is 0 Å². The van der Waals surface area contributed by atoms with E-state index in [9.17, 15) is 4.79 Å². The van der Waals surface area contributed by atoms with Gasteiger partial charge in [0.15, 0.2) is 6.54 Å². The molecule has 0 bridgehead atoms. The molecule has 24 heavy (non-hydrogen) atoms. The summed E-state index contributed by atoms with van der Waals surface area (Å²) in [6.07, 6.45) is 0. The van der Waals surface area contributed by atoms with Gasteiger partial charge in [0.25, 0.3) is 5.91 Å². The van der Waals surface area contributed by atoms with E-state index in [1.807, 2.05) is 78.1 Å². The van der Waals surface area contributed by atoms with Gasteiger partial charge >= 0.3 is 0 Å². The maximum absolute atomic E-state index is 12.2. The number of carbonyl (C=O) groups excluding carboxylic acids is 1. The number of anilines is 1. The van der Waals surface area contributed by atoms with Crippen LogP contribution in [0.25, 0.3) is 11.1 Å². The summed E-state index contributed by atoms with van der Waals surface area (Å²) >= 11 is 0. The van der Waals surface area contributed by atoms with Crippen LogP contribution in [0.4, 0.5) is 5.69 Å². The Morgan fingerprint density at radius 2 is 1.42 bits per heavy atom. The Hall–Kier alpha value is -2.91. The highest BCUT2D eigenvalue weighted by Crippen LogP contribution is 2.27. The van der Waals surface area contributed by atoms with Crippen LogP contribution in [0, 0.1) is 0 Å². The van der Waals surface area contributed by atoms with Crippen LogP contribution in [0.3, 0.4) is 0 Å². The number of hydrogen-bond donors (Lipinski definition) is 2. The van der Waals surface area contributed by atoms with E-state index in [0.29, 0.717) is 6.54 Å². The van der Waals surface area contributed by atoms with E-state index in [0.717, 1.165) is 23.4 Å². The lowest BCUT2D eigenvalue weighted by Gasteiger charge is -2.11. The predicted octanol–water partition coefficient (Wildman–Crippen LogP) is 3.06. The van der Waals surface area contributed by atoms with Crippen LogP contribution in [0.15, 0.2) is 84.9 Å². The van der Waals surface area contributed by atoms with Gasteiger partial charge < -0.3 is 10.6 Å². The second-order valence-corrected chi connectivity index (χ2v) is 5.64. The number of quaternary nitrogens is 1. The fraction of sp³-hybridized carbons (Fsp3) is 0.0952. The van der Waals surface area contributed by atoms with Crippen molar-refractivity contribution in [3.8, 4) is 11.1 Å². The molecule has 0 spiro atoms. The van der Waals surface area contributed by atoms with Crippen molar-refractivity contribution in [3.05, 3.63) is 90.5 Å². The zero-order valence-electron chi connectivity index (χ0n) is 13.5. The van der Waals surface area contributed by atoms with E-state index >= 15 is 0 Å². The number of nitrogens with one attached hydrogen (secondary N) is 1. The normalized spacial score (nSPS) is 10.3. The second kappa shape index (κ2) is 8.09. The van der Waals surface area contributed by atoms with Gasteiger partial charge in [-0.05, 0) is 11.6 Å². The van der Waals surface area contributed by atoms with Crippen LogP contribution in [-0.4, -0.2) is 12.5 Å². The summed E-state index contributed by atoms with van der Waals surface area (Å²) in [5.41, 5.74) is 4.20. The van der Waals surface area contributed by atoms with Gasteiger partial charge in [-0.2, -0.15) is 0 Å². The Bertz CT molecular complexity index is 785. The van der Waals surface area contributed by atoms with Gasteiger partial charge in [-0.3, -0.25) is 4.79 Å². The highest BCUT2D eigenvalue weighted by atomic mass is 16.1. The van der Waals surface area contributed by atoms with E-state index < -0.39 is 0 Å². The summed E-state index contributed by atoms with van der Waals surface area (Å²) in [6.45, 7) is 1.20. The van der Waals surface area contributed by atoms with E-state index in [2.05, 4.69) is 17.4 Å². The summed E-state index contributed by atoms with van der Waals surface area (Å²) < 4.78 is 0. The molecule has 0 aliphatic heterocycles. The van der Waals surface area contributed by atoms with E-state index in [-0.39, 0.29) is 5.91 Å². The molecule has 0 aliphatic rings. The van der Waals surface area contributed by atoms with Gasteiger partial charge in [0.1, 0.15) is 6.54 Å². The van der Waals surface area contributed by atoms with Crippen molar-refractivity contribution >= 4 is 11.6 Å². The fourth-order valence-corrected chi connectivity index (χ4v) is 2.65. The molecule has 1 amide bonds. The molecule has 3 rings (SSSR count). The zero-order valence-corrected chi connectivity index (χ0v) is 13.5. The molecule has 120 valence electrons. The molecule has 0 unspecified atom stereocenters. The predicted molar refractivity (Wildman–Crippen MR) is 97.4 cm³/mol. The molecule has 0 saturated heterocycles. The number of para-hydroxylation sites is 1. The third kappa shape index (κ3) is 4.31. The lowest BCUT2D eigenvalue weighted by Crippen LogP contribution is -2.84. The number of hydrogen-bond acceptors (Lipinski definition) is 1. The minimum absolute atomic E-state index is 0.00862. The quantitative estimate of drug-likeness (QED) is 0.721. The lowest BCUT2D eigenvalue weighted by atomic mass is 10.0. The van der Waals surface area contributed by atoms with Crippen LogP contribution in [-0.2, 0) is 11.3 Å². The minimum atomic E-state index is 0.00862. The molecule has 3 aromatic rings. The topological polar surface area (TPSA) is 45.7 Å². The molecule has 3 N–H and O–H groups in total. The molecule has 0 saturated carbocycles. The molecule has 3 heteroatoms. The Morgan fingerprint density at radius 3 is 2.17 bits per heavy atom. The monoisotopic (exact) mass is 317 g/mol. The first-order chi connectivity index (χ1) is 11.8. The maximum atomic E-state index is 12.2. The summed E-state index contributed by atoms with van der Waals surface area (Å²) in [4.78, 5) is 12.2. The van der Waals surface area contributed by atoms with Crippen molar-refractivity contribution in [2.24, 2.45) is 0 Å². The summed E-state index contributed by atoms with van der Waals surface area (Å²) in [6, 6.07) is 28.1. The lowest BCUT2D eigenvalue weighted by molar-refractivity contribution is -0.659. The van der Waals surface area contributed by atoms with Crippen LogP contribution < -0.4 is 10.6 Å². The Balaban J connectivity index is 1.61. The molecular weight excluding hydrogens is 296 g/mol. The molecule has 0 atom stereocenters. The van der Waals surface area contributed by atoms with Gasteiger partial charge in [0, 0.05) is 16.8 Å². The van der Waals surface area contributed by atoms with Crippen LogP contribution in [0.5, 0.6) is 0 Å². The molecule has 0 aliphatic carbocycles. The third-order valence-corrected chi connectivity index (χ3v) is 3.84. The summed E-state index contributed by atoms with van der Waals surface area (Å²) in [7, 11) is 0.